The van der Waals surface area contributed by atoms with Crippen LogP contribution in [0.1, 0.15) is 28.4 Å². The van der Waals surface area contributed by atoms with Gasteiger partial charge in [0.15, 0.2) is 5.11 Å². The molecule has 3 aromatic carbocycles. The molecule has 0 saturated carbocycles. The fourth-order valence-electron chi connectivity index (χ4n) is 2.70. The monoisotopic (exact) mass is 391 g/mol. The first-order valence-electron chi connectivity index (χ1n) is 8.96. The number of hydrogen-bond donors (Lipinski definition) is 2. The van der Waals surface area contributed by atoms with Crippen molar-refractivity contribution in [2.75, 3.05) is 6.54 Å². The van der Waals surface area contributed by atoms with Gasteiger partial charge in [-0.2, -0.15) is 5.10 Å². The molecule has 0 aliphatic heterocycles. The molecule has 28 heavy (non-hydrogen) atoms. The summed E-state index contributed by atoms with van der Waals surface area (Å²) in [7, 11) is 0. The molecule has 0 aliphatic rings. The average molecular weight is 391 g/mol. The van der Waals surface area contributed by atoms with Gasteiger partial charge in [-0.15, -0.1) is 0 Å². The van der Waals surface area contributed by atoms with E-state index in [1.165, 1.54) is 0 Å². The Morgan fingerprint density at radius 3 is 2.61 bits per heavy atom. The van der Waals surface area contributed by atoms with Crippen LogP contribution in [0, 0.1) is 6.92 Å². The zero-order valence-electron chi connectivity index (χ0n) is 15.7. The first-order valence-corrected chi connectivity index (χ1v) is 9.37. The van der Waals surface area contributed by atoms with Gasteiger partial charge in [0.2, 0.25) is 0 Å². The fourth-order valence-corrected chi connectivity index (χ4v) is 2.90. The average Bonchev–Trinajstić information content (AvgIpc) is 2.70. The van der Waals surface area contributed by atoms with Crippen molar-refractivity contribution < 1.29 is 9.53 Å². The molecule has 0 amide bonds. The second-order valence-electron chi connectivity index (χ2n) is 6.18. The van der Waals surface area contributed by atoms with E-state index in [-0.39, 0.29) is 0 Å². The standard InChI is InChI=1S/C22H21N3O2S/c1-3-23-22(28)25-24-14-19-18-7-5-4-6-16(18)12-13-20(19)27-21(26)17-10-8-15(2)9-11-17/h4-14H,3H2,1-2H3,(H2,23,25,28)/b24-14-. The van der Waals surface area contributed by atoms with Crippen LogP contribution in [0.4, 0.5) is 0 Å². The van der Waals surface area contributed by atoms with Gasteiger partial charge >= 0.3 is 5.97 Å². The number of nitrogens with one attached hydrogen (secondary N) is 2. The molecule has 142 valence electrons. The molecule has 0 aromatic heterocycles. The van der Waals surface area contributed by atoms with Crippen molar-refractivity contribution >= 4 is 40.3 Å². The minimum absolute atomic E-state index is 0.416. The topological polar surface area (TPSA) is 62.7 Å². The van der Waals surface area contributed by atoms with Crippen molar-refractivity contribution in [1.29, 1.82) is 0 Å². The van der Waals surface area contributed by atoms with Crippen LogP contribution in [-0.4, -0.2) is 23.8 Å². The Balaban J connectivity index is 1.92. The molecule has 0 aliphatic carbocycles. The largest absolute Gasteiger partial charge is 0.422 e. The lowest BCUT2D eigenvalue weighted by Gasteiger charge is -2.11. The molecule has 0 saturated heterocycles. The lowest BCUT2D eigenvalue weighted by Crippen LogP contribution is -2.31. The van der Waals surface area contributed by atoms with Crippen molar-refractivity contribution in [3.8, 4) is 5.75 Å². The highest BCUT2D eigenvalue weighted by molar-refractivity contribution is 7.80. The van der Waals surface area contributed by atoms with Crippen LogP contribution in [0.25, 0.3) is 10.8 Å². The lowest BCUT2D eigenvalue weighted by molar-refractivity contribution is 0.0735. The minimum Gasteiger partial charge on any atom is -0.422 e. The first kappa shape index (κ1) is 19.5. The number of hydrazone groups is 1. The highest BCUT2D eigenvalue weighted by Crippen LogP contribution is 2.27. The predicted molar refractivity (Wildman–Crippen MR) is 117 cm³/mol. The molecular weight excluding hydrogens is 370 g/mol. The zero-order valence-corrected chi connectivity index (χ0v) is 16.5. The van der Waals surface area contributed by atoms with E-state index in [1.807, 2.05) is 56.3 Å². The third kappa shape index (κ3) is 4.72. The molecule has 3 rings (SSSR count). The van der Waals surface area contributed by atoms with Gasteiger partial charge in [-0.25, -0.2) is 4.79 Å². The zero-order chi connectivity index (χ0) is 19.9. The summed E-state index contributed by atoms with van der Waals surface area (Å²) in [6.07, 6.45) is 1.61. The van der Waals surface area contributed by atoms with Gasteiger partial charge in [-0.3, -0.25) is 5.43 Å². The molecule has 0 fully saturated rings. The summed E-state index contributed by atoms with van der Waals surface area (Å²) in [4.78, 5) is 12.6. The van der Waals surface area contributed by atoms with Gasteiger partial charge in [0.1, 0.15) is 5.75 Å². The van der Waals surface area contributed by atoms with Gasteiger partial charge < -0.3 is 10.1 Å². The highest BCUT2D eigenvalue weighted by Gasteiger charge is 2.13. The molecule has 2 N–H and O–H groups in total. The number of benzene rings is 3. The predicted octanol–water partition coefficient (Wildman–Crippen LogP) is 4.19. The number of nitrogens with zero attached hydrogens (tertiary/aromatic N) is 1. The molecule has 0 heterocycles. The molecule has 0 bridgehead atoms. The van der Waals surface area contributed by atoms with Crippen LogP contribution in [0.3, 0.4) is 0 Å². The van der Waals surface area contributed by atoms with Crippen molar-refractivity contribution in [2.24, 2.45) is 5.10 Å². The number of rotatable bonds is 5. The molecule has 6 heteroatoms. The Hall–Kier alpha value is -3.25. The Kier molecular flexibility index (Phi) is 6.34. The molecule has 0 spiro atoms. The van der Waals surface area contributed by atoms with Crippen molar-refractivity contribution in [2.45, 2.75) is 13.8 Å². The second-order valence-corrected chi connectivity index (χ2v) is 6.59. The summed E-state index contributed by atoms with van der Waals surface area (Å²) < 4.78 is 5.68. The lowest BCUT2D eigenvalue weighted by atomic mass is 10.0. The summed E-state index contributed by atoms with van der Waals surface area (Å²) in [6, 6.07) is 18.8. The Labute approximate surface area is 169 Å². The summed E-state index contributed by atoms with van der Waals surface area (Å²) in [5.74, 6) is 0.0188. The maximum atomic E-state index is 12.6. The Bertz CT molecular complexity index is 1030. The highest BCUT2D eigenvalue weighted by atomic mass is 32.1. The molecule has 0 unspecified atom stereocenters. The van der Waals surface area contributed by atoms with E-state index in [0.29, 0.717) is 28.5 Å². The number of hydrogen-bond acceptors (Lipinski definition) is 4. The summed E-state index contributed by atoms with van der Waals surface area (Å²) >= 11 is 5.12. The summed E-state index contributed by atoms with van der Waals surface area (Å²) in [5, 5.41) is 9.53. The van der Waals surface area contributed by atoms with Crippen LogP contribution in [-0.2, 0) is 0 Å². The van der Waals surface area contributed by atoms with Gasteiger partial charge in [0, 0.05) is 12.1 Å². The third-order valence-corrected chi connectivity index (χ3v) is 4.35. The fraction of sp³-hybridized carbons (Fsp3) is 0.136. The Morgan fingerprint density at radius 1 is 1.11 bits per heavy atom. The summed E-state index contributed by atoms with van der Waals surface area (Å²) in [6.45, 7) is 4.62. The van der Waals surface area contributed by atoms with E-state index in [9.17, 15) is 4.79 Å². The molecule has 0 atom stereocenters. The van der Waals surface area contributed by atoms with Gasteiger partial charge in [0.25, 0.3) is 0 Å². The smallest absolute Gasteiger partial charge is 0.343 e. The molecular formula is C22H21N3O2S. The number of esters is 1. The first-order chi connectivity index (χ1) is 13.6. The Morgan fingerprint density at radius 2 is 1.86 bits per heavy atom. The van der Waals surface area contributed by atoms with Gasteiger partial charge in [-0.05, 0) is 55.0 Å². The molecule has 3 aromatic rings. The quantitative estimate of drug-likeness (QED) is 0.225. The van der Waals surface area contributed by atoms with Crippen molar-refractivity contribution in [1.82, 2.24) is 10.7 Å². The van der Waals surface area contributed by atoms with Crippen LogP contribution >= 0.6 is 12.2 Å². The molecule has 5 nitrogen and oxygen atoms in total. The van der Waals surface area contributed by atoms with Crippen LogP contribution in [0.2, 0.25) is 0 Å². The van der Waals surface area contributed by atoms with Gasteiger partial charge in [0.05, 0.1) is 11.8 Å². The van der Waals surface area contributed by atoms with E-state index < -0.39 is 5.97 Å². The maximum absolute atomic E-state index is 12.6. The van der Waals surface area contributed by atoms with E-state index in [2.05, 4.69) is 15.8 Å². The van der Waals surface area contributed by atoms with E-state index >= 15 is 0 Å². The van der Waals surface area contributed by atoms with Crippen LogP contribution < -0.4 is 15.5 Å². The normalized spacial score (nSPS) is 10.8. The third-order valence-electron chi connectivity index (χ3n) is 4.12. The number of ether oxygens (including phenoxy) is 1. The van der Waals surface area contributed by atoms with Crippen molar-refractivity contribution in [3.05, 3.63) is 77.4 Å². The summed E-state index contributed by atoms with van der Waals surface area (Å²) in [5.41, 5.74) is 5.04. The SMILES string of the molecule is CCNC(=S)N/N=C\c1c(OC(=O)c2ccc(C)cc2)ccc2ccccc12. The maximum Gasteiger partial charge on any atom is 0.343 e. The minimum atomic E-state index is -0.416. The number of carbonyl (C=O) groups is 1. The van der Waals surface area contributed by atoms with Crippen LogP contribution in [0.5, 0.6) is 5.75 Å². The number of aryl methyl sites for hydroxylation is 1. The van der Waals surface area contributed by atoms with Crippen molar-refractivity contribution in [3.63, 3.8) is 0 Å². The van der Waals surface area contributed by atoms with E-state index in [4.69, 9.17) is 17.0 Å². The van der Waals surface area contributed by atoms with Gasteiger partial charge in [-0.1, -0.05) is 48.0 Å². The second kappa shape index (κ2) is 9.10. The number of fused-ring (bicyclic) bond motifs is 1. The van der Waals surface area contributed by atoms with E-state index in [0.717, 1.165) is 16.3 Å². The molecule has 0 radical (unpaired) electrons. The van der Waals surface area contributed by atoms with E-state index in [1.54, 1.807) is 24.4 Å². The van der Waals surface area contributed by atoms with Crippen LogP contribution in [0.15, 0.2) is 65.8 Å². The number of carbonyl (C=O) groups excluding carboxylic acids is 1. The number of thiocarbonyl (C=S) groups is 1.